The Kier molecular flexibility index (Phi) is 6.90. The van der Waals surface area contributed by atoms with Gasteiger partial charge in [-0.15, -0.1) is 0 Å². The molecule has 0 atom stereocenters. The molecular formula is C24H25BrN4O3. The van der Waals surface area contributed by atoms with Crippen LogP contribution in [-0.4, -0.2) is 29.9 Å². The molecule has 1 saturated heterocycles. The number of benzene rings is 1. The molecule has 2 N–H and O–H groups in total. The van der Waals surface area contributed by atoms with E-state index >= 15 is 0 Å². The number of furan rings is 1. The second kappa shape index (κ2) is 9.99. The normalized spacial score (nSPS) is 14.2. The van der Waals surface area contributed by atoms with Crippen molar-refractivity contribution >= 4 is 39.2 Å². The van der Waals surface area contributed by atoms with Crippen LogP contribution in [0.3, 0.4) is 0 Å². The van der Waals surface area contributed by atoms with Gasteiger partial charge in [-0.2, -0.15) is 0 Å². The smallest absolute Gasteiger partial charge is 0.291 e. The maximum Gasteiger partial charge on any atom is 0.291 e. The van der Waals surface area contributed by atoms with Gasteiger partial charge in [-0.3, -0.25) is 9.59 Å². The van der Waals surface area contributed by atoms with Crippen molar-refractivity contribution in [3.63, 3.8) is 0 Å². The number of nitrogens with one attached hydrogen (secondary N) is 2. The van der Waals surface area contributed by atoms with Gasteiger partial charge < -0.3 is 20.0 Å². The van der Waals surface area contributed by atoms with E-state index in [2.05, 4.69) is 43.4 Å². The molecule has 0 unspecified atom stereocenters. The molecule has 0 aliphatic carbocycles. The lowest BCUT2D eigenvalue weighted by Gasteiger charge is -2.31. The fourth-order valence-electron chi connectivity index (χ4n) is 3.60. The third-order valence-corrected chi connectivity index (χ3v) is 5.98. The zero-order valence-electron chi connectivity index (χ0n) is 17.8. The minimum Gasteiger partial charge on any atom is -0.444 e. The molecule has 166 valence electrons. The molecule has 8 heteroatoms. The molecular weight excluding hydrogens is 472 g/mol. The van der Waals surface area contributed by atoms with Crippen molar-refractivity contribution in [2.45, 2.75) is 26.3 Å². The summed E-state index contributed by atoms with van der Waals surface area (Å²) >= 11 is 3.17. The molecule has 2 amide bonds. The number of hydrogen-bond donors (Lipinski definition) is 2. The number of carbonyl (C=O) groups is 2. The van der Waals surface area contributed by atoms with Gasteiger partial charge >= 0.3 is 0 Å². The second-order valence-electron chi connectivity index (χ2n) is 8.02. The molecule has 32 heavy (non-hydrogen) atoms. The van der Waals surface area contributed by atoms with Gasteiger partial charge in [0.05, 0.1) is 0 Å². The number of aromatic nitrogens is 1. The van der Waals surface area contributed by atoms with Gasteiger partial charge in [-0.05, 0) is 76.7 Å². The molecule has 2 aromatic heterocycles. The molecule has 7 nitrogen and oxygen atoms in total. The Balaban J connectivity index is 1.32. The Morgan fingerprint density at radius 2 is 1.94 bits per heavy atom. The number of anilines is 2. The van der Waals surface area contributed by atoms with Crippen LogP contribution in [0.4, 0.5) is 11.5 Å². The number of pyridine rings is 1. The zero-order valence-corrected chi connectivity index (χ0v) is 19.4. The molecule has 4 rings (SSSR count). The Bertz CT molecular complexity index is 1090. The predicted molar refractivity (Wildman–Crippen MR) is 127 cm³/mol. The van der Waals surface area contributed by atoms with E-state index in [9.17, 15) is 9.59 Å². The van der Waals surface area contributed by atoms with Crippen LogP contribution in [-0.2, 0) is 6.54 Å². The third kappa shape index (κ3) is 5.56. The highest BCUT2D eigenvalue weighted by Gasteiger charge is 2.17. The highest BCUT2D eigenvalue weighted by Crippen LogP contribution is 2.21. The minimum atomic E-state index is -0.386. The quantitative estimate of drug-likeness (QED) is 0.508. The third-order valence-electron chi connectivity index (χ3n) is 5.55. The van der Waals surface area contributed by atoms with Gasteiger partial charge in [0.2, 0.25) is 0 Å². The summed E-state index contributed by atoms with van der Waals surface area (Å²) in [6.45, 7) is 4.74. The number of rotatable bonds is 6. The van der Waals surface area contributed by atoms with Gasteiger partial charge in [0.1, 0.15) is 5.82 Å². The monoisotopic (exact) mass is 496 g/mol. The fourth-order valence-corrected chi connectivity index (χ4v) is 3.90. The molecule has 0 spiro atoms. The van der Waals surface area contributed by atoms with E-state index in [1.807, 2.05) is 18.3 Å². The average Bonchev–Trinajstić information content (AvgIpc) is 3.25. The Morgan fingerprint density at radius 1 is 1.12 bits per heavy atom. The standard InChI is InChI=1S/C24H25BrN4O3/c1-16-9-11-29(12-10-16)22-8-5-17(14-26-22)15-27-23(30)18-3-2-4-19(13-18)28-24(31)20-6-7-21(25)32-20/h2-8,13-14,16H,9-12,15H2,1H3,(H,27,30)(H,28,31). The molecule has 0 saturated carbocycles. The summed E-state index contributed by atoms with van der Waals surface area (Å²) in [5.74, 6) is 1.33. The average molecular weight is 497 g/mol. The SMILES string of the molecule is CC1CCN(c2ccc(CNC(=O)c3cccc(NC(=O)c4ccc(Br)o4)c3)cn2)CC1. The van der Waals surface area contributed by atoms with E-state index in [1.54, 1.807) is 36.4 Å². The van der Waals surface area contributed by atoms with Crippen LogP contribution >= 0.6 is 15.9 Å². The fraction of sp³-hybridized carbons (Fsp3) is 0.292. The van der Waals surface area contributed by atoms with Crippen LogP contribution < -0.4 is 15.5 Å². The largest absolute Gasteiger partial charge is 0.444 e. The Labute approximate surface area is 195 Å². The van der Waals surface area contributed by atoms with E-state index in [-0.39, 0.29) is 17.6 Å². The number of nitrogens with zero attached hydrogens (tertiary/aromatic N) is 2. The maximum absolute atomic E-state index is 12.6. The Hall–Kier alpha value is -3.13. The molecule has 1 aliphatic rings. The van der Waals surface area contributed by atoms with Crippen LogP contribution in [0.25, 0.3) is 0 Å². The summed E-state index contributed by atoms with van der Waals surface area (Å²) in [5, 5.41) is 5.64. The summed E-state index contributed by atoms with van der Waals surface area (Å²) < 4.78 is 5.73. The minimum absolute atomic E-state index is 0.182. The number of carbonyl (C=O) groups excluding carboxylic acids is 2. The van der Waals surface area contributed by atoms with Crippen molar-refractivity contribution in [2.75, 3.05) is 23.3 Å². The number of piperidine rings is 1. The van der Waals surface area contributed by atoms with Crippen LogP contribution in [0.2, 0.25) is 0 Å². The van der Waals surface area contributed by atoms with E-state index in [0.717, 1.165) is 30.4 Å². The summed E-state index contributed by atoms with van der Waals surface area (Å²) in [6, 6.07) is 14.0. The van der Waals surface area contributed by atoms with Crippen LogP contribution in [0.15, 0.2) is 63.8 Å². The first-order valence-corrected chi connectivity index (χ1v) is 11.4. The lowest BCUT2D eigenvalue weighted by atomic mass is 9.99. The summed E-state index contributed by atoms with van der Waals surface area (Å²) in [7, 11) is 0. The van der Waals surface area contributed by atoms with Gasteiger partial charge in [0, 0.05) is 37.1 Å². The number of amides is 2. The van der Waals surface area contributed by atoms with Gasteiger partial charge in [-0.1, -0.05) is 19.1 Å². The highest BCUT2D eigenvalue weighted by molar-refractivity contribution is 9.10. The molecule has 1 aliphatic heterocycles. The van der Waals surface area contributed by atoms with E-state index in [4.69, 9.17) is 4.42 Å². The summed E-state index contributed by atoms with van der Waals surface area (Å²) in [5.41, 5.74) is 1.90. The first-order chi connectivity index (χ1) is 15.5. The Morgan fingerprint density at radius 3 is 2.62 bits per heavy atom. The van der Waals surface area contributed by atoms with Gasteiger partial charge in [-0.25, -0.2) is 4.98 Å². The van der Waals surface area contributed by atoms with Crippen LogP contribution in [0.5, 0.6) is 0 Å². The zero-order chi connectivity index (χ0) is 22.5. The van der Waals surface area contributed by atoms with Crippen molar-refractivity contribution in [2.24, 2.45) is 5.92 Å². The van der Waals surface area contributed by atoms with Crippen molar-refractivity contribution < 1.29 is 14.0 Å². The molecule has 0 bridgehead atoms. The molecule has 0 radical (unpaired) electrons. The molecule has 3 aromatic rings. The summed E-state index contributed by atoms with van der Waals surface area (Å²) in [4.78, 5) is 31.7. The van der Waals surface area contributed by atoms with E-state index in [0.29, 0.717) is 22.5 Å². The lowest BCUT2D eigenvalue weighted by Crippen LogP contribution is -2.33. The van der Waals surface area contributed by atoms with Crippen molar-refractivity contribution in [1.29, 1.82) is 0 Å². The molecule has 1 aromatic carbocycles. The molecule has 3 heterocycles. The van der Waals surface area contributed by atoms with Crippen LogP contribution in [0.1, 0.15) is 46.2 Å². The summed E-state index contributed by atoms with van der Waals surface area (Å²) in [6.07, 6.45) is 4.20. The number of hydrogen-bond acceptors (Lipinski definition) is 5. The van der Waals surface area contributed by atoms with Gasteiger partial charge in [0.15, 0.2) is 10.4 Å². The van der Waals surface area contributed by atoms with E-state index in [1.165, 1.54) is 12.8 Å². The van der Waals surface area contributed by atoms with Crippen LogP contribution in [0, 0.1) is 5.92 Å². The first kappa shape index (κ1) is 22.1. The van der Waals surface area contributed by atoms with Gasteiger partial charge in [0.25, 0.3) is 11.8 Å². The maximum atomic E-state index is 12.6. The second-order valence-corrected chi connectivity index (χ2v) is 8.80. The molecule has 1 fully saturated rings. The van der Waals surface area contributed by atoms with Crippen molar-refractivity contribution in [3.05, 3.63) is 76.3 Å². The lowest BCUT2D eigenvalue weighted by molar-refractivity contribution is 0.0949. The van der Waals surface area contributed by atoms with Crippen molar-refractivity contribution in [3.8, 4) is 0 Å². The predicted octanol–water partition coefficient (Wildman–Crippen LogP) is 4.86. The number of halogens is 1. The van der Waals surface area contributed by atoms with E-state index < -0.39 is 0 Å². The first-order valence-electron chi connectivity index (χ1n) is 10.6. The van der Waals surface area contributed by atoms with Crippen molar-refractivity contribution in [1.82, 2.24) is 10.3 Å². The topological polar surface area (TPSA) is 87.5 Å². The highest BCUT2D eigenvalue weighted by atomic mass is 79.9.